The van der Waals surface area contributed by atoms with Gasteiger partial charge < -0.3 is 15.3 Å². The number of aliphatic carboxylic acids is 1. The van der Waals surface area contributed by atoms with E-state index in [2.05, 4.69) is 16.4 Å². The van der Waals surface area contributed by atoms with E-state index in [9.17, 15) is 18.0 Å². The van der Waals surface area contributed by atoms with Gasteiger partial charge in [-0.15, -0.1) is 13.1 Å². The van der Waals surface area contributed by atoms with Crippen LogP contribution in [0.25, 0.3) is 5.32 Å². The Kier molecular flexibility index (Phi) is 9.07. The number of carboxylic acids is 1. The molecule has 10 heteroatoms. The van der Waals surface area contributed by atoms with E-state index in [1.54, 1.807) is 0 Å². The van der Waals surface area contributed by atoms with E-state index in [4.69, 9.17) is 8.61 Å². The predicted molar refractivity (Wildman–Crippen MR) is 99.0 cm³/mol. The SMILES string of the molecule is FC(F)(F)c1ccc(N2CC[N-]CC2)nc1.O=C(O)[C@@H]1Cc2[c-]cccc2C1.[O]=[Tc+2]. The average Bonchev–Trinajstić information content (AvgIpc) is 3.21. The molecule has 0 amide bonds. The van der Waals surface area contributed by atoms with Crippen LogP contribution < -0.4 is 4.90 Å². The number of carboxylic acid groups (broad SMARTS) is 1. The molecule has 2 aromatic rings. The summed E-state index contributed by atoms with van der Waals surface area (Å²) in [6, 6.07) is 11.3. The molecule has 1 aliphatic carbocycles. The van der Waals surface area contributed by atoms with Gasteiger partial charge in [-0.3, -0.25) is 4.79 Å². The third-order valence-electron chi connectivity index (χ3n) is 4.76. The second-order valence-corrected chi connectivity index (χ2v) is 6.68. The molecule has 1 aromatic heterocycles. The Morgan fingerprint density at radius 1 is 1.20 bits per heavy atom. The van der Waals surface area contributed by atoms with Crippen molar-refractivity contribution in [3.63, 3.8) is 0 Å². The van der Waals surface area contributed by atoms with E-state index in [0.717, 1.165) is 55.3 Å². The van der Waals surface area contributed by atoms with Gasteiger partial charge in [-0.05, 0) is 18.6 Å². The number of benzene rings is 1. The zero-order chi connectivity index (χ0) is 22.1. The second-order valence-electron chi connectivity index (χ2n) is 6.68. The van der Waals surface area contributed by atoms with Gasteiger partial charge in [0, 0.05) is 19.3 Å². The molecule has 161 valence electrons. The van der Waals surface area contributed by atoms with Crippen LogP contribution in [0.5, 0.6) is 0 Å². The molecule has 1 N–H and O–H groups in total. The monoisotopic (exact) mass is 504 g/mol. The number of hydrogen-bond acceptors (Lipinski definition) is 4. The number of alkyl halides is 3. The molecule has 0 saturated carbocycles. The van der Waals surface area contributed by atoms with Gasteiger partial charge in [0.1, 0.15) is 5.82 Å². The van der Waals surface area contributed by atoms with Crippen LogP contribution in [0, 0.1) is 12.0 Å². The van der Waals surface area contributed by atoms with Crippen molar-refractivity contribution < 1.29 is 45.4 Å². The van der Waals surface area contributed by atoms with Crippen molar-refractivity contribution in [3.05, 3.63) is 64.6 Å². The van der Waals surface area contributed by atoms with Gasteiger partial charge in [-0.25, -0.2) is 4.98 Å². The third-order valence-corrected chi connectivity index (χ3v) is 4.76. The maximum atomic E-state index is 12.3. The van der Waals surface area contributed by atoms with Crippen LogP contribution in [0.2, 0.25) is 0 Å². The van der Waals surface area contributed by atoms with Crippen LogP contribution in [-0.4, -0.2) is 42.2 Å². The van der Waals surface area contributed by atoms with Crippen LogP contribution in [0.3, 0.4) is 0 Å². The van der Waals surface area contributed by atoms with Crippen molar-refractivity contribution in [1.82, 2.24) is 4.98 Å². The summed E-state index contributed by atoms with van der Waals surface area (Å²) in [7, 11) is 0. The summed E-state index contributed by atoms with van der Waals surface area (Å²) in [6.07, 6.45) is -2.13. The van der Waals surface area contributed by atoms with Crippen LogP contribution in [0.4, 0.5) is 19.0 Å². The van der Waals surface area contributed by atoms with Crippen molar-refractivity contribution in [1.29, 1.82) is 0 Å². The van der Waals surface area contributed by atoms with Crippen LogP contribution >= 0.6 is 0 Å². The van der Waals surface area contributed by atoms with E-state index < -0.39 is 17.7 Å². The fourth-order valence-corrected chi connectivity index (χ4v) is 3.22. The van der Waals surface area contributed by atoms with Gasteiger partial charge in [-0.1, -0.05) is 6.42 Å². The van der Waals surface area contributed by atoms with Crippen LogP contribution in [0.1, 0.15) is 16.7 Å². The van der Waals surface area contributed by atoms with Gasteiger partial charge >= 0.3 is 34.5 Å². The molecule has 1 aromatic carbocycles. The molecule has 0 bridgehead atoms. The third kappa shape index (κ3) is 6.68. The van der Waals surface area contributed by atoms with Gasteiger partial charge in [-0.2, -0.15) is 48.6 Å². The first-order valence-electron chi connectivity index (χ1n) is 9.12. The van der Waals surface area contributed by atoms with Gasteiger partial charge in [0.2, 0.25) is 0 Å². The average molecular weight is 505 g/mol. The Morgan fingerprint density at radius 2 is 1.90 bits per heavy atom. The summed E-state index contributed by atoms with van der Waals surface area (Å²) >= 11 is 0.900. The molecule has 2 heterocycles. The number of piperazine rings is 1. The minimum absolute atomic E-state index is 0.223. The number of aromatic nitrogens is 1. The molecule has 6 nitrogen and oxygen atoms in total. The van der Waals surface area contributed by atoms with E-state index in [1.165, 1.54) is 6.07 Å². The summed E-state index contributed by atoms with van der Waals surface area (Å²) in [4.78, 5) is 16.4. The van der Waals surface area contributed by atoms with Crippen molar-refractivity contribution >= 4 is 11.8 Å². The van der Waals surface area contributed by atoms with E-state index in [0.29, 0.717) is 31.7 Å². The Morgan fingerprint density at radius 3 is 2.43 bits per heavy atom. The number of fused-ring (bicyclic) bond motifs is 1. The number of rotatable bonds is 2. The standard InChI is InChI=1S/C10H11F3N3.C10H9O2.O.Tc/c11-10(12,13)8-1-2-9(15-7-8)16-5-3-14-4-6-16;11-10(12)9-5-7-3-1-2-4-8(7)6-9;;/h1-2,7H,3-6H2;1-3,9H,5-6H2,(H,11,12);;/q2*-1;;+2/t;9-;;/m.0../s1. The number of pyridine rings is 1. The zero-order valence-electron chi connectivity index (χ0n) is 15.9. The first-order chi connectivity index (χ1) is 14.3. The molecule has 30 heavy (non-hydrogen) atoms. The molecule has 0 spiro atoms. The summed E-state index contributed by atoms with van der Waals surface area (Å²) in [5, 5.41) is 12.9. The second kappa shape index (κ2) is 11.3. The van der Waals surface area contributed by atoms with Crippen molar-refractivity contribution in [3.8, 4) is 0 Å². The predicted octanol–water partition coefficient (Wildman–Crippen LogP) is 3.46. The molecule has 1 aliphatic heterocycles. The number of carbonyl (C=O) groups is 1. The van der Waals surface area contributed by atoms with E-state index in [1.807, 2.05) is 23.1 Å². The normalized spacial score (nSPS) is 17.7. The van der Waals surface area contributed by atoms with Gasteiger partial charge in [0.25, 0.3) is 0 Å². The van der Waals surface area contributed by atoms with Crippen molar-refractivity contribution in [2.75, 3.05) is 31.1 Å². The van der Waals surface area contributed by atoms with E-state index in [-0.39, 0.29) is 5.92 Å². The van der Waals surface area contributed by atoms with Crippen LogP contribution in [-0.2, 0) is 46.2 Å². The quantitative estimate of drug-likeness (QED) is 0.633. The molecule has 0 unspecified atom stereocenters. The van der Waals surface area contributed by atoms with E-state index >= 15 is 0 Å². The number of anilines is 1. The van der Waals surface area contributed by atoms with Crippen molar-refractivity contribution in [2.24, 2.45) is 5.92 Å². The van der Waals surface area contributed by atoms with Crippen molar-refractivity contribution in [2.45, 2.75) is 19.0 Å². The fourth-order valence-electron chi connectivity index (χ4n) is 3.22. The summed E-state index contributed by atoms with van der Waals surface area (Å²) < 4.78 is 45.1. The minimum atomic E-state index is -4.32. The van der Waals surface area contributed by atoms with Gasteiger partial charge in [0.15, 0.2) is 0 Å². The molecular formula is C20H20F3N3O3Tc. The molecule has 1 saturated heterocycles. The molecular weight excluding hydrogens is 485 g/mol. The molecule has 0 radical (unpaired) electrons. The van der Waals surface area contributed by atoms with Gasteiger partial charge in [0.05, 0.1) is 11.5 Å². The summed E-state index contributed by atoms with van der Waals surface area (Å²) in [5.41, 5.74) is 1.51. The summed E-state index contributed by atoms with van der Waals surface area (Å²) in [6.45, 7) is 2.86. The Bertz CT molecular complexity index is 803. The molecule has 4 rings (SSSR count). The number of nitrogens with zero attached hydrogens (tertiary/aromatic N) is 3. The first-order valence-corrected chi connectivity index (χ1v) is 9.88. The first kappa shape index (κ1) is 24.1. The fraction of sp³-hybridized carbons (Fsp3) is 0.400. The number of hydrogen-bond donors (Lipinski definition) is 1. The zero-order valence-corrected chi connectivity index (χ0v) is 17.8. The molecule has 1 fully saturated rings. The molecule has 2 aliphatic rings. The Labute approximate surface area is 182 Å². The molecule has 1 atom stereocenters. The van der Waals surface area contributed by atoms with Crippen LogP contribution in [0.15, 0.2) is 36.5 Å². The Hall–Kier alpha value is -2.16. The topological polar surface area (TPSA) is 84.6 Å². The maximum absolute atomic E-state index is 12.3. The Balaban J connectivity index is 0.000000204. The summed E-state index contributed by atoms with van der Waals surface area (Å²) in [5.74, 6) is -0.332. The number of halogens is 3.